The number of carboxylic acid groups (broad SMARTS) is 1. The number of thioether (sulfide) groups is 1. The largest absolute Gasteiger partial charge is 0.545 e. The number of benzene rings is 1. The lowest BCUT2D eigenvalue weighted by Gasteiger charge is -2.16. The van der Waals surface area contributed by atoms with Crippen LogP contribution >= 0.6 is 11.8 Å². The number of rotatable bonds is 6. The summed E-state index contributed by atoms with van der Waals surface area (Å²) in [6, 6.07) is 7.78. The summed E-state index contributed by atoms with van der Waals surface area (Å²) in [5.74, 6) is -2.59. The third kappa shape index (κ3) is 4.05. The number of carbonyl (C=O) groups is 3. The van der Waals surface area contributed by atoms with E-state index in [-0.39, 0.29) is 28.4 Å². The van der Waals surface area contributed by atoms with Crippen molar-refractivity contribution in [2.45, 2.75) is 23.3 Å². The molecular formula is C17H11F2N2O5S-. The first kappa shape index (κ1) is 18.8. The van der Waals surface area contributed by atoms with Gasteiger partial charge in [0.25, 0.3) is 0 Å². The highest BCUT2D eigenvalue weighted by Gasteiger charge is 2.40. The number of alkyl halides is 2. The molecule has 0 spiro atoms. The Hall–Kier alpha value is -3.01. The van der Waals surface area contributed by atoms with E-state index in [1.807, 2.05) is 0 Å². The van der Waals surface area contributed by atoms with Crippen molar-refractivity contribution in [3.63, 3.8) is 0 Å². The molecule has 0 bridgehead atoms. The van der Waals surface area contributed by atoms with Crippen LogP contribution < -0.4 is 14.7 Å². The van der Waals surface area contributed by atoms with Gasteiger partial charge in [0, 0.05) is 18.2 Å². The number of aromatic carboxylic acids is 1. The van der Waals surface area contributed by atoms with E-state index in [0.717, 1.165) is 16.7 Å². The third-order valence-corrected chi connectivity index (χ3v) is 4.87. The fourth-order valence-electron chi connectivity index (χ4n) is 2.52. The summed E-state index contributed by atoms with van der Waals surface area (Å²) in [6.45, 7) is -2.98. The minimum Gasteiger partial charge on any atom is -0.545 e. The predicted molar refractivity (Wildman–Crippen MR) is 88.4 cm³/mol. The number of carboxylic acids is 1. The molecule has 1 fully saturated rings. The summed E-state index contributed by atoms with van der Waals surface area (Å²) in [6.07, 6.45) is 1.22. The van der Waals surface area contributed by atoms with Crippen molar-refractivity contribution in [3.05, 3.63) is 48.2 Å². The number of carbonyl (C=O) groups excluding carboxylic acids is 3. The lowest BCUT2D eigenvalue weighted by molar-refractivity contribution is -0.255. The number of hydrogen-bond donors (Lipinski definition) is 0. The van der Waals surface area contributed by atoms with Gasteiger partial charge in [-0.05, 0) is 36.4 Å². The standard InChI is InChI=1S/C17H12F2N2O5S/c18-17(19)26-10-5-3-9(4-6-10)21-13(22)8-12(15(21)23)27-14-11(16(24)25)2-1-7-20-14/h1-7,12,17H,8H2,(H,24,25)/p-1/t12-/m0/s1. The van der Waals surface area contributed by atoms with Gasteiger partial charge in [0.1, 0.15) is 10.8 Å². The second kappa shape index (κ2) is 7.70. The van der Waals surface area contributed by atoms with Crippen molar-refractivity contribution in [1.29, 1.82) is 0 Å². The van der Waals surface area contributed by atoms with Crippen molar-refractivity contribution in [3.8, 4) is 5.75 Å². The zero-order valence-corrected chi connectivity index (χ0v) is 14.3. The van der Waals surface area contributed by atoms with Crippen molar-refractivity contribution >= 4 is 35.2 Å². The molecule has 0 aliphatic carbocycles. The van der Waals surface area contributed by atoms with Crippen LogP contribution in [0.4, 0.5) is 14.5 Å². The molecule has 2 heterocycles. The van der Waals surface area contributed by atoms with Crippen LogP contribution in [0.1, 0.15) is 16.8 Å². The molecule has 1 aliphatic heterocycles. The van der Waals surface area contributed by atoms with Gasteiger partial charge >= 0.3 is 6.61 Å². The van der Waals surface area contributed by atoms with Crippen LogP contribution in [-0.4, -0.2) is 34.6 Å². The minimum absolute atomic E-state index is 0.0752. The fraction of sp³-hybridized carbons (Fsp3) is 0.176. The Morgan fingerprint density at radius 1 is 1.26 bits per heavy atom. The van der Waals surface area contributed by atoms with Crippen molar-refractivity contribution in [1.82, 2.24) is 4.98 Å². The summed E-state index contributed by atoms with van der Waals surface area (Å²) in [5, 5.41) is 10.4. The van der Waals surface area contributed by atoms with Gasteiger partial charge in [-0.25, -0.2) is 9.88 Å². The smallest absolute Gasteiger partial charge is 0.387 e. The van der Waals surface area contributed by atoms with E-state index in [0.29, 0.717) is 0 Å². The lowest BCUT2D eigenvalue weighted by atomic mass is 10.3. The van der Waals surface area contributed by atoms with Crippen molar-refractivity contribution in [2.24, 2.45) is 0 Å². The molecule has 1 aliphatic rings. The Morgan fingerprint density at radius 2 is 1.96 bits per heavy atom. The van der Waals surface area contributed by atoms with Gasteiger partial charge in [-0.15, -0.1) is 0 Å². The molecule has 2 amide bonds. The summed E-state index contributed by atoms with van der Waals surface area (Å²) >= 11 is 0.860. The molecule has 7 nitrogen and oxygen atoms in total. The molecule has 27 heavy (non-hydrogen) atoms. The van der Waals surface area contributed by atoms with E-state index in [1.165, 1.54) is 42.6 Å². The zero-order valence-electron chi connectivity index (χ0n) is 13.5. The van der Waals surface area contributed by atoms with E-state index in [9.17, 15) is 28.3 Å². The predicted octanol–water partition coefficient (Wildman–Crippen LogP) is 1.47. The van der Waals surface area contributed by atoms with E-state index < -0.39 is 29.6 Å². The van der Waals surface area contributed by atoms with Gasteiger partial charge in [-0.3, -0.25) is 9.59 Å². The molecule has 1 saturated heterocycles. The molecule has 0 saturated carbocycles. The van der Waals surface area contributed by atoms with Gasteiger partial charge in [0.15, 0.2) is 0 Å². The third-order valence-electron chi connectivity index (χ3n) is 3.67. The van der Waals surface area contributed by atoms with Crippen LogP contribution in [0.5, 0.6) is 5.75 Å². The first-order valence-corrected chi connectivity index (χ1v) is 8.49. The number of imide groups is 1. The molecule has 10 heteroatoms. The molecule has 1 aromatic carbocycles. The summed E-state index contributed by atoms with van der Waals surface area (Å²) in [5.41, 5.74) is 0.0329. The Bertz CT molecular complexity index is 891. The average Bonchev–Trinajstić information content (AvgIpc) is 2.89. The number of aromatic nitrogens is 1. The van der Waals surface area contributed by atoms with Crippen LogP contribution in [0.2, 0.25) is 0 Å². The van der Waals surface area contributed by atoms with Crippen molar-refractivity contribution < 1.29 is 33.0 Å². The molecule has 0 N–H and O–H groups in total. The Morgan fingerprint density at radius 3 is 2.59 bits per heavy atom. The number of ether oxygens (including phenoxy) is 1. The quantitative estimate of drug-likeness (QED) is 0.685. The molecule has 1 aromatic heterocycles. The molecule has 0 radical (unpaired) electrons. The number of anilines is 1. The molecule has 0 unspecified atom stereocenters. The topological polar surface area (TPSA) is 99.6 Å². The van der Waals surface area contributed by atoms with Crippen LogP contribution in [-0.2, 0) is 9.59 Å². The van der Waals surface area contributed by atoms with Crippen molar-refractivity contribution in [2.75, 3.05) is 4.90 Å². The number of pyridine rings is 1. The zero-order chi connectivity index (χ0) is 19.6. The fourth-order valence-corrected chi connectivity index (χ4v) is 3.62. The molecule has 1 atom stereocenters. The summed E-state index contributed by atoms with van der Waals surface area (Å²) in [4.78, 5) is 40.9. The maximum Gasteiger partial charge on any atom is 0.387 e. The first-order valence-electron chi connectivity index (χ1n) is 7.61. The van der Waals surface area contributed by atoms with E-state index in [4.69, 9.17) is 0 Å². The van der Waals surface area contributed by atoms with Gasteiger partial charge < -0.3 is 14.6 Å². The highest BCUT2D eigenvalue weighted by atomic mass is 32.2. The molecule has 140 valence electrons. The van der Waals surface area contributed by atoms with Gasteiger partial charge in [0.05, 0.1) is 16.9 Å². The minimum atomic E-state index is -2.98. The Balaban J connectivity index is 1.78. The van der Waals surface area contributed by atoms with E-state index >= 15 is 0 Å². The second-order valence-electron chi connectivity index (χ2n) is 5.39. The van der Waals surface area contributed by atoms with Gasteiger partial charge in [0.2, 0.25) is 11.8 Å². The van der Waals surface area contributed by atoms with Crippen LogP contribution in [0, 0.1) is 0 Å². The normalized spacial score (nSPS) is 16.9. The van der Waals surface area contributed by atoms with E-state index in [2.05, 4.69) is 9.72 Å². The SMILES string of the molecule is O=C([O-])c1cccnc1S[C@H]1CC(=O)N(c2ccc(OC(F)F)cc2)C1=O. The number of nitrogens with zero attached hydrogens (tertiary/aromatic N) is 2. The second-order valence-corrected chi connectivity index (χ2v) is 6.59. The summed E-state index contributed by atoms with van der Waals surface area (Å²) in [7, 11) is 0. The molecule has 3 rings (SSSR count). The maximum atomic E-state index is 12.6. The van der Waals surface area contributed by atoms with Crippen LogP contribution in [0.15, 0.2) is 47.6 Å². The highest BCUT2D eigenvalue weighted by molar-refractivity contribution is 8.00. The van der Waals surface area contributed by atoms with Gasteiger partial charge in [-0.1, -0.05) is 11.8 Å². The number of amides is 2. The maximum absolute atomic E-state index is 12.6. The molecular weight excluding hydrogens is 382 g/mol. The van der Waals surface area contributed by atoms with Gasteiger partial charge in [-0.2, -0.15) is 8.78 Å². The lowest BCUT2D eigenvalue weighted by Crippen LogP contribution is -2.31. The monoisotopic (exact) mass is 393 g/mol. The van der Waals surface area contributed by atoms with E-state index in [1.54, 1.807) is 0 Å². The average molecular weight is 393 g/mol. The first-order chi connectivity index (χ1) is 12.9. The highest BCUT2D eigenvalue weighted by Crippen LogP contribution is 2.34. The van der Waals surface area contributed by atoms with Crippen LogP contribution in [0.25, 0.3) is 0 Å². The van der Waals surface area contributed by atoms with Crippen LogP contribution in [0.3, 0.4) is 0 Å². The molecule has 2 aromatic rings. The summed E-state index contributed by atoms with van der Waals surface area (Å²) < 4.78 is 28.6. The Kier molecular flexibility index (Phi) is 5.36. The number of halogens is 2. The number of hydrogen-bond acceptors (Lipinski definition) is 7. The Labute approximate surface area is 155 Å².